The van der Waals surface area contributed by atoms with Crippen molar-refractivity contribution in [2.45, 2.75) is 39.0 Å². The van der Waals surface area contributed by atoms with Gasteiger partial charge in [-0.2, -0.15) is 0 Å². The van der Waals surface area contributed by atoms with Gasteiger partial charge in [-0.25, -0.2) is 0 Å². The molecule has 1 aliphatic rings. The number of nitrogens with two attached hydrogens (primary N) is 2. The standard InChI is InChI=1S/C16H25N3O/c1-2-4-12-5-3-9-19(10-8-12)15-7-6-13(16(18)20)11-14(15)17/h6-7,11-12H,2-5,8-10,17H2,1H3,(H2,18,20). The number of benzene rings is 1. The second kappa shape index (κ2) is 6.64. The molecule has 1 saturated heterocycles. The van der Waals surface area contributed by atoms with Crippen molar-refractivity contribution in [1.29, 1.82) is 0 Å². The maximum absolute atomic E-state index is 11.2. The summed E-state index contributed by atoms with van der Waals surface area (Å²) in [6, 6.07) is 5.38. The molecule has 1 heterocycles. The van der Waals surface area contributed by atoms with Crippen LogP contribution in [-0.2, 0) is 0 Å². The molecule has 0 bridgehead atoms. The third kappa shape index (κ3) is 3.44. The predicted molar refractivity (Wildman–Crippen MR) is 83.8 cm³/mol. The van der Waals surface area contributed by atoms with Crippen LogP contribution in [0.4, 0.5) is 11.4 Å². The molecule has 0 saturated carbocycles. The van der Waals surface area contributed by atoms with Crippen LogP contribution in [0.3, 0.4) is 0 Å². The predicted octanol–water partition coefficient (Wildman–Crippen LogP) is 2.77. The number of anilines is 2. The normalized spacial score (nSPS) is 19.6. The van der Waals surface area contributed by atoms with Gasteiger partial charge in [0.2, 0.25) is 5.91 Å². The molecule has 0 aromatic heterocycles. The minimum atomic E-state index is -0.429. The first kappa shape index (κ1) is 14.7. The van der Waals surface area contributed by atoms with Crippen LogP contribution in [0.15, 0.2) is 18.2 Å². The van der Waals surface area contributed by atoms with Crippen molar-refractivity contribution in [2.24, 2.45) is 11.7 Å². The Morgan fingerprint density at radius 2 is 2.15 bits per heavy atom. The van der Waals surface area contributed by atoms with Gasteiger partial charge in [0.05, 0.1) is 11.4 Å². The summed E-state index contributed by atoms with van der Waals surface area (Å²) in [5, 5.41) is 0. The van der Waals surface area contributed by atoms with Crippen LogP contribution >= 0.6 is 0 Å². The Labute approximate surface area is 121 Å². The number of carbonyl (C=O) groups excluding carboxylic acids is 1. The SMILES string of the molecule is CCCC1CCCN(c2ccc(C(N)=O)cc2N)CC1. The van der Waals surface area contributed by atoms with Crippen LogP contribution in [0.5, 0.6) is 0 Å². The van der Waals surface area contributed by atoms with Crippen molar-refractivity contribution < 1.29 is 4.79 Å². The van der Waals surface area contributed by atoms with Gasteiger partial charge in [0.15, 0.2) is 0 Å². The summed E-state index contributed by atoms with van der Waals surface area (Å²) >= 11 is 0. The summed E-state index contributed by atoms with van der Waals surface area (Å²) in [5.41, 5.74) is 13.5. The third-order valence-corrected chi connectivity index (χ3v) is 4.20. The first-order valence-electron chi connectivity index (χ1n) is 7.56. The number of hydrogen-bond acceptors (Lipinski definition) is 3. The van der Waals surface area contributed by atoms with E-state index in [4.69, 9.17) is 11.5 Å². The maximum atomic E-state index is 11.2. The van der Waals surface area contributed by atoms with E-state index in [-0.39, 0.29) is 0 Å². The fourth-order valence-corrected chi connectivity index (χ4v) is 3.10. The lowest BCUT2D eigenvalue weighted by molar-refractivity contribution is 0.100. The highest BCUT2D eigenvalue weighted by Crippen LogP contribution is 2.29. The van der Waals surface area contributed by atoms with Gasteiger partial charge in [0.1, 0.15) is 0 Å². The number of hydrogen-bond donors (Lipinski definition) is 2. The van der Waals surface area contributed by atoms with E-state index in [0.29, 0.717) is 11.3 Å². The molecule has 1 unspecified atom stereocenters. The van der Waals surface area contributed by atoms with Crippen LogP contribution in [0, 0.1) is 5.92 Å². The second-order valence-electron chi connectivity index (χ2n) is 5.71. The van der Waals surface area contributed by atoms with Gasteiger partial charge >= 0.3 is 0 Å². The molecule has 0 aliphatic carbocycles. The third-order valence-electron chi connectivity index (χ3n) is 4.20. The second-order valence-corrected chi connectivity index (χ2v) is 5.71. The van der Waals surface area contributed by atoms with Crippen LogP contribution in [-0.4, -0.2) is 19.0 Å². The first-order chi connectivity index (χ1) is 9.61. The lowest BCUT2D eigenvalue weighted by Crippen LogP contribution is -2.25. The van der Waals surface area contributed by atoms with E-state index in [1.165, 1.54) is 32.1 Å². The molecule has 1 aromatic carbocycles. The molecule has 1 amide bonds. The highest BCUT2D eigenvalue weighted by Gasteiger charge is 2.18. The molecule has 0 radical (unpaired) electrons. The molecule has 2 rings (SSSR count). The largest absolute Gasteiger partial charge is 0.397 e. The summed E-state index contributed by atoms with van der Waals surface area (Å²) in [6.45, 7) is 4.34. The smallest absolute Gasteiger partial charge is 0.248 e. The number of nitrogens with zero attached hydrogens (tertiary/aromatic N) is 1. The van der Waals surface area contributed by atoms with Crippen molar-refractivity contribution in [3.8, 4) is 0 Å². The zero-order valence-corrected chi connectivity index (χ0v) is 12.3. The topological polar surface area (TPSA) is 72.3 Å². The molecule has 1 aliphatic heterocycles. The summed E-state index contributed by atoms with van der Waals surface area (Å²) in [5.74, 6) is 0.415. The maximum Gasteiger partial charge on any atom is 0.248 e. The van der Waals surface area contributed by atoms with Crippen LogP contribution < -0.4 is 16.4 Å². The van der Waals surface area contributed by atoms with E-state index < -0.39 is 5.91 Å². The van der Waals surface area contributed by atoms with Gasteiger partial charge in [0, 0.05) is 18.7 Å². The zero-order valence-electron chi connectivity index (χ0n) is 12.3. The van der Waals surface area contributed by atoms with E-state index in [2.05, 4.69) is 11.8 Å². The Morgan fingerprint density at radius 1 is 1.35 bits per heavy atom. The summed E-state index contributed by atoms with van der Waals surface area (Å²) < 4.78 is 0. The lowest BCUT2D eigenvalue weighted by atomic mass is 9.96. The van der Waals surface area contributed by atoms with E-state index in [1.54, 1.807) is 12.1 Å². The number of carbonyl (C=O) groups is 1. The van der Waals surface area contributed by atoms with E-state index >= 15 is 0 Å². The van der Waals surface area contributed by atoms with Crippen molar-refractivity contribution in [2.75, 3.05) is 23.7 Å². The Bertz CT molecular complexity index is 473. The molecule has 1 atom stereocenters. The molecule has 1 fully saturated rings. The van der Waals surface area contributed by atoms with Gasteiger partial charge in [-0.15, -0.1) is 0 Å². The minimum absolute atomic E-state index is 0.429. The summed E-state index contributed by atoms with van der Waals surface area (Å²) in [4.78, 5) is 13.5. The zero-order chi connectivity index (χ0) is 14.5. The van der Waals surface area contributed by atoms with E-state index in [0.717, 1.165) is 24.7 Å². The Morgan fingerprint density at radius 3 is 2.80 bits per heavy atom. The summed E-state index contributed by atoms with van der Waals surface area (Å²) in [6.07, 6.45) is 6.33. The number of amides is 1. The van der Waals surface area contributed by atoms with Crippen molar-refractivity contribution in [1.82, 2.24) is 0 Å². The minimum Gasteiger partial charge on any atom is -0.397 e. The Kier molecular flexibility index (Phi) is 4.88. The number of rotatable bonds is 4. The van der Waals surface area contributed by atoms with Crippen LogP contribution in [0.2, 0.25) is 0 Å². The quantitative estimate of drug-likeness (QED) is 0.830. The van der Waals surface area contributed by atoms with Crippen molar-refractivity contribution in [3.63, 3.8) is 0 Å². The first-order valence-corrected chi connectivity index (χ1v) is 7.56. The molecule has 110 valence electrons. The van der Waals surface area contributed by atoms with E-state index in [9.17, 15) is 4.79 Å². The highest BCUT2D eigenvalue weighted by molar-refractivity contribution is 5.94. The molecule has 1 aromatic rings. The fourth-order valence-electron chi connectivity index (χ4n) is 3.10. The molecule has 4 nitrogen and oxygen atoms in total. The molecule has 0 spiro atoms. The number of nitrogen functional groups attached to an aromatic ring is 1. The highest BCUT2D eigenvalue weighted by atomic mass is 16.1. The van der Waals surface area contributed by atoms with Gasteiger partial charge in [0.25, 0.3) is 0 Å². The molecule has 4 N–H and O–H groups in total. The van der Waals surface area contributed by atoms with E-state index in [1.807, 2.05) is 6.07 Å². The Hall–Kier alpha value is -1.71. The average molecular weight is 275 g/mol. The molecular formula is C16H25N3O. The van der Waals surface area contributed by atoms with Crippen LogP contribution in [0.1, 0.15) is 49.4 Å². The van der Waals surface area contributed by atoms with Gasteiger partial charge < -0.3 is 16.4 Å². The van der Waals surface area contributed by atoms with Gasteiger partial charge in [-0.1, -0.05) is 19.8 Å². The van der Waals surface area contributed by atoms with Crippen LogP contribution in [0.25, 0.3) is 0 Å². The molecular weight excluding hydrogens is 250 g/mol. The summed E-state index contributed by atoms with van der Waals surface area (Å²) in [7, 11) is 0. The molecule has 20 heavy (non-hydrogen) atoms. The average Bonchev–Trinajstić information content (AvgIpc) is 2.65. The monoisotopic (exact) mass is 275 g/mol. The number of primary amides is 1. The Balaban J connectivity index is 2.09. The van der Waals surface area contributed by atoms with Crippen molar-refractivity contribution >= 4 is 17.3 Å². The van der Waals surface area contributed by atoms with Gasteiger partial charge in [-0.05, 0) is 43.4 Å². The van der Waals surface area contributed by atoms with Gasteiger partial charge in [-0.3, -0.25) is 4.79 Å². The molecule has 4 heteroatoms. The fraction of sp³-hybridized carbons (Fsp3) is 0.562. The lowest BCUT2D eigenvalue weighted by Gasteiger charge is -2.24. The van der Waals surface area contributed by atoms with Crippen molar-refractivity contribution in [3.05, 3.63) is 23.8 Å².